The van der Waals surface area contributed by atoms with E-state index in [2.05, 4.69) is 0 Å². The van der Waals surface area contributed by atoms with Crippen LogP contribution in [0, 0.1) is 11.7 Å². The van der Waals surface area contributed by atoms with Gasteiger partial charge in [-0.1, -0.05) is 6.07 Å². The average molecular weight is 265 g/mol. The first kappa shape index (κ1) is 13.5. The van der Waals surface area contributed by atoms with Crippen molar-refractivity contribution in [3.63, 3.8) is 0 Å². The largest absolute Gasteiger partial charge is 0.493 e. The summed E-state index contributed by atoms with van der Waals surface area (Å²) in [4.78, 5) is 22.6. The highest BCUT2D eigenvalue weighted by Gasteiger charge is 2.24. The predicted octanol–water partition coefficient (Wildman–Crippen LogP) is 2.06. The number of ketones is 1. The first-order valence-electron chi connectivity index (χ1n) is 6.33. The molecule has 1 aliphatic carbocycles. The molecule has 0 aromatic heterocycles. The van der Waals surface area contributed by atoms with E-state index in [9.17, 15) is 14.0 Å². The predicted molar refractivity (Wildman–Crippen MR) is 67.4 cm³/mol. The van der Waals surface area contributed by atoms with Gasteiger partial charge in [-0.25, -0.2) is 4.39 Å². The van der Waals surface area contributed by atoms with Gasteiger partial charge >= 0.3 is 0 Å². The molecule has 1 aromatic rings. The van der Waals surface area contributed by atoms with Crippen LogP contribution in [0.3, 0.4) is 0 Å². The monoisotopic (exact) mass is 265 g/mol. The van der Waals surface area contributed by atoms with E-state index in [1.165, 1.54) is 12.1 Å². The Morgan fingerprint density at radius 1 is 1.47 bits per heavy atom. The van der Waals surface area contributed by atoms with E-state index in [1.807, 2.05) is 0 Å². The molecular formula is C14H16FNO3. The third-order valence-electron chi connectivity index (χ3n) is 3.38. The molecule has 4 nitrogen and oxygen atoms in total. The fourth-order valence-corrected chi connectivity index (χ4v) is 2.37. The van der Waals surface area contributed by atoms with E-state index in [1.54, 1.807) is 0 Å². The van der Waals surface area contributed by atoms with Crippen LogP contribution in [0.4, 0.5) is 4.39 Å². The van der Waals surface area contributed by atoms with E-state index < -0.39 is 11.7 Å². The van der Waals surface area contributed by atoms with Crippen LogP contribution in [-0.2, 0) is 4.79 Å². The number of Topliss-reactive ketones (excluding diaryl/α,β-unsaturated/α-hetero) is 1. The Labute approximate surface area is 110 Å². The summed E-state index contributed by atoms with van der Waals surface area (Å²) < 4.78 is 18.9. The van der Waals surface area contributed by atoms with Crippen molar-refractivity contribution in [2.45, 2.75) is 25.7 Å². The topological polar surface area (TPSA) is 69.4 Å². The zero-order chi connectivity index (χ0) is 13.8. The average Bonchev–Trinajstić information content (AvgIpc) is 2.75. The van der Waals surface area contributed by atoms with Gasteiger partial charge in [0, 0.05) is 12.3 Å². The lowest BCUT2D eigenvalue weighted by atomic mass is 10.0. The van der Waals surface area contributed by atoms with E-state index in [0.29, 0.717) is 12.8 Å². The van der Waals surface area contributed by atoms with Gasteiger partial charge in [-0.05, 0) is 31.4 Å². The van der Waals surface area contributed by atoms with Crippen LogP contribution >= 0.6 is 0 Å². The second kappa shape index (κ2) is 5.82. The molecule has 1 saturated carbocycles. The number of carbonyl (C=O) groups is 2. The second-order valence-corrected chi connectivity index (χ2v) is 4.67. The number of hydrogen-bond acceptors (Lipinski definition) is 3. The molecule has 1 fully saturated rings. The number of ether oxygens (including phenoxy) is 1. The zero-order valence-electron chi connectivity index (χ0n) is 10.5. The molecule has 2 N–H and O–H groups in total. The van der Waals surface area contributed by atoms with Gasteiger partial charge in [-0.2, -0.15) is 0 Å². The van der Waals surface area contributed by atoms with Gasteiger partial charge in [-0.15, -0.1) is 0 Å². The van der Waals surface area contributed by atoms with Crippen LogP contribution in [-0.4, -0.2) is 18.3 Å². The van der Waals surface area contributed by atoms with Crippen LogP contribution in [0.1, 0.15) is 36.0 Å². The van der Waals surface area contributed by atoms with Gasteiger partial charge in [0.25, 0.3) is 5.91 Å². The molecule has 102 valence electrons. The molecule has 1 atom stereocenters. The summed E-state index contributed by atoms with van der Waals surface area (Å²) in [6, 6.07) is 4.12. The first-order chi connectivity index (χ1) is 9.09. The first-order valence-corrected chi connectivity index (χ1v) is 6.33. The van der Waals surface area contributed by atoms with Gasteiger partial charge in [0.15, 0.2) is 0 Å². The smallest absolute Gasteiger partial charge is 0.255 e. The van der Waals surface area contributed by atoms with E-state index in [4.69, 9.17) is 10.5 Å². The molecule has 1 aromatic carbocycles. The van der Waals surface area contributed by atoms with Crippen molar-refractivity contribution in [2.24, 2.45) is 11.7 Å². The summed E-state index contributed by atoms with van der Waals surface area (Å²) in [6.45, 7) is 0.278. The normalized spacial score (nSPS) is 18.6. The number of halogens is 1. The van der Waals surface area contributed by atoms with Crippen molar-refractivity contribution in [2.75, 3.05) is 6.61 Å². The highest BCUT2D eigenvalue weighted by molar-refractivity contribution is 5.95. The van der Waals surface area contributed by atoms with Gasteiger partial charge in [0.1, 0.15) is 22.9 Å². The Balaban J connectivity index is 1.98. The number of hydrogen-bond donors (Lipinski definition) is 1. The second-order valence-electron chi connectivity index (χ2n) is 4.67. The molecule has 19 heavy (non-hydrogen) atoms. The molecule has 2 rings (SSSR count). The highest BCUT2D eigenvalue weighted by Crippen LogP contribution is 2.26. The van der Waals surface area contributed by atoms with Gasteiger partial charge in [0.2, 0.25) is 0 Å². The molecular weight excluding hydrogens is 249 g/mol. The molecule has 0 radical (unpaired) electrons. The number of rotatable bonds is 5. The quantitative estimate of drug-likeness (QED) is 0.886. The Morgan fingerprint density at radius 2 is 2.26 bits per heavy atom. The molecule has 0 heterocycles. The van der Waals surface area contributed by atoms with Crippen molar-refractivity contribution in [1.82, 2.24) is 0 Å². The fourth-order valence-electron chi connectivity index (χ4n) is 2.37. The fraction of sp³-hybridized carbons (Fsp3) is 0.429. The zero-order valence-corrected chi connectivity index (χ0v) is 10.5. The molecule has 1 aliphatic rings. The minimum absolute atomic E-state index is 0.0330. The van der Waals surface area contributed by atoms with Gasteiger partial charge in [0.05, 0.1) is 6.61 Å². The van der Waals surface area contributed by atoms with E-state index in [-0.39, 0.29) is 29.6 Å². The molecule has 0 aliphatic heterocycles. The number of carbonyl (C=O) groups excluding carboxylic acids is 2. The van der Waals surface area contributed by atoms with Crippen molar-refractivity contribution in [3.8, 4) is 5.75 Å². The molecule has 1 amide bonds. The molecule has 0 bridgehead atoms. The van der Waals surface area contributed by atoms with Crippen LogP contribution in [0.5, 0.6) is 5.75 Å². The van der Waals surface area contributed by atoms with Crippen LogP contribution in [0.15, 0.2) is 18.2 Å². The SMILES string of the molecule is NC(=O)c1c(F)cccc1OCCC1CCCC1=O. The standard InChI is InChI=1S/C14H16FNO3/c15-10-4-2-6-12(13(10)14(16)18)19-8-7-9-3-1-5-11(9)17/h2,4,6,9H,1,3,5,7-8H2,(H2,16,18). The van der Waals surface area contributed by atoms with Crippen LogP contribution < -0.4 is 10.5 Å². The summed E-state index contributed by atoms with van der Waals surface area (Å²) in [5, 5.41) is 0. The molecule has 5 heteroatoms. The number of amides is 1. The third-order valence-corrected chi connectivity index (χ3v) is 3.38. The minimum Gasteiger partial charge on any atom is -0.493 e. The third kappa shape index (κ3) is 3.10. The lowest BCUT2D eigenvalue weighted by molar-refractivity contribution is -0.121. The van der Waals surface area contributed by atoms with Gasteiger partial charge < -0.3 is 10.5 Å². The Morgan fingerprint density at radius 3 is 2.89 bits per heavy atom. The van der Waals surface area contributed by atoms with Crippen molar-refractivity contribution >= 4 is 11.7 Å². The Hall–Kier alpha value is -1.91. The number of nitrogens with two attached hydrogens (primary N) is 1. The maximum Gasteiger partial charge on any atom is 0.255 e. The Kier molecular flexibility index (Phi) is 4.14. The summed E-state index contributed by atoms with van der Waals surface area (Å²) in [5.41, 5.74) is 4.88. The lowest BCUT2D eigenvalue weighted by Crippen LogP contribution is -2.16. The Bertz CT molecular complexity index is 501. The van der Waals surface area contributed by atoms with E-state index >= 15 is 0 Å². The van der Waals surface area contributed by atoms with Crippen LogP contribution in [0.2, 0.25) is 0 Å². The number of benzene rings is 1. The molecule has 0 spiro atoms. The minimum atomic E-state index is -0.856. The van der Waals surface area contributed by atoms with E-state index in [0.717, 1.165) is 18.9 Å². The highest BCUT2D eigenvalue weighted by atomic mass is 19.1. The van der Waals surface area contributed by atoms with Gasteiger partial charge in [-0.3, -0.25) is 9.59 Å². The molecule has 1 unspecified atom stereocenters. The maximum absolute atomic E-state index is 13.5. The molecule has 0 saturated heterocycles. The van der Waals surface area contributed by atoms with Crippen molar-refractivity contribution in [1.29, 1.82) is 0 Å². The number of primary amides is 1. The van der Waals surface area contributed by atoms with Crippen molar-refractivity contribution in [3.05, 3.63) is 29.6 Å². The summed E-state index contributed by atoms with van der Waals surface area (Å²) in [7, 11) is 0. The summed E-state index contributed by atoms with van der Waals surface area (Å²) in [6.07, 6.45) is 3.04. The maximum atomic E-state index is 13.5. The summed E-state index contributed by atoms with van der Waals surface area (Å²) >= 11 is 0. The lowest BCUT2D eigenvalue weighted by Gasteiger charge is -2.12. The summed E-state index contributed by atoms with van der Waals surface area (Å²) in [5.74, 6) is -1.12. The van der Waals surface area contributed by atoms with Crippen molar-refractivity contribution < 1.29 is 18.7 Å². The van der Waals surface area contributed by atoms with Crippen LogP contribution in [0.25, 0.3) is 0 Å².